The summed E-state index contributed by atoms with van der Waals surface area (Å²) in [7, 11) is 0. The first-order chi connectivity index (χ1) is 9.20. The monoisotopic (exact) mass is 279 g/mol. The van der Waals surface area contributed by atoms with Crippen LogP contribution in [0.25, 0.3) is 0 Å². The molecule has 0 bridgehead atoms. The molecule has 0 aromatic heterocycles. The Morgan fingerprint density at radius 1 is 1.11 bits per heavy atom. The zero-order chi connectivity index (χ0) is 13.7. The molecule has 1 aromatic rings. The lowest BCUT2D eigenvalue weighted by atomic mass is 9.80. The second-order valence-electron chi connectivity index (χ2n) is 6.01. The molecule has 2 heteroatoms. The van der Waals surface area contributed by atoms with E-state index in [1.54, 1.807) is 0 Å². The topological polar surface area (TPSA) is 12.0 Å². The SMILES string of the molecule is Cc1ccc(CNCC2CCCCC2CCl)cc1C. The Morgan fingerprint density at radius 2 is 1.84 bits per heavy atom. The van der Waals surface area contributed by atoms with Gasteiger partial charge in [-0.2, -0.15) is 0 Å². The van der Waals surface area contributed by atoms with Gasteiger partial charge in [0.15, 0.2) is 0 Å². The zero-order valence-electron chi connectivity index (χ0n) is 12.2. The Kier molecular flexibility index (Phi) is 5.72. The Labute approximate surface area is 122 Å². The number of hydrogen-bond donors (Lipinski definition) is 1. The van der Waals surface area contributed by atoms with Gasteiger partial charge in [-0.25, -0.2) is 0 Å². The Balaban J connectivity index is 1.80. The highest BCUT2D eigenvalue weighted by Crippen LogP contribution is 2.30. The average Bonchev–Trinajstić information content (AvgIpc) is 2.43. The Bertz CT molecular complexity index is 402. The van der Waals surface area contributed by atoms with Crippen LogP contribution in [-0.4, -0.2) is 12.4 Å². The summed E-state index contributed by atoms with van der Waals surface area (Å²) in [5.41, 5.74) is 4.15. The number of benzene rings is 1. The van der Waals surface area contributed by atoms with Gasteiger partial charge in [0.05, 0.1) is 0 Å². The van der Waals surface area contributed by atoms with Gasteiger partial charge >= 0.3 is 0 Å². The molecule has 2 atom stereocenters. The van der Waals surface area contributed by atoms with Gasteiger partial charge in [0.25, 0.3) is 0 Å². The fourth-order valence-electron chi connectivity index (χ4n) is 3.07. The number of rotatable bonds is 5. The zero-order valence-corrected chi connectivity index (χ0v) is 13.0. The van der Waals surface area contributed by atoms with Crippen LogP contribution in [0.4, 0.5) is 0 Å². The minimum absolute atomic E-state index is 0.725. The number of alkyl halides is 1. The van der Waals surface area contributed by atoms with Crippen LogP contribution >= 0.6 is 11.6 Å². The number of hydrogen-bond acceptors (Lipinski definition) is 1. The maximum absolute atomic E-state index is 6.08. The molecular formula is C17H26ClN. The first-order valence-corrected chi connectivity index (χ1v) is 8.07. The molecule has 0 aliphatic heterocycles. The predicted molar refractivity (Wildman–Crippen MR) is 83.8 cm³/mol. The molecule has 1 aliphatic carbocycles. The molecule has 1 aliphatic rings. The van der Waals surface area contributed by atoms with Gasteiger partial charge in [-0.3, -0.25) is 0 Å². The molecule has 1 N–H and O–H groups in total. The fraction of sp³-hybridized carbons (Fsp3) is 0.647. The molecule has 1 fully saturated rings. The molecule has 19 heavy (non-hydrogen) atoms. The normalized spacial score (nSPS) is 23.5. The van der Waals surface area contributed by atoms with Crippen LogP contribution in [0.3, 0.4) is 0 Å². The molecule has 1 aromatic carbocycles. The van der Waals surface area contributed by atoms with Crippen molar-refractivity contribution in [3.8, 4) is 0 Å². The van der Waals surface area contributed by atoms with Gasteiger partial charge in [-0.15, -0.1) is 11.6 Å². The Hall–Kier alpha value is -0.530. The third-order valence-electron chi connectivity index (χ3n) is 4.57. The molecule has 1 saturated carbocycles. The maximum atomic E-state index is 6.08. The summed E-state index contributed by atoms with van der Waals surface area (Å²) < 4.78 is 0. The smallest absolute Gasteiger partial charge is 0.0254 e. The van der Waals surface area contributed by atoms with Crippen LogP contribution in [0.15, 0.2) is 18.2 Å². The highest BCUT2D eigenvalue weighted by molar-refractivity contribution is 6.18. The van der Waals surface area contributed by atoms with Gasteiger partial charge in [-0.05, 0) is 61.8 Å². The molecule has 2 unspecified atom stereocenters. The van der Waals surface area contributed by atoms with Crippen LogP contribution in [0, 0.1) is 25.7 Å². The van der Waals surface area contributed by atoms with E-state index in [1.165, 1.54) is 42.4 Å². The molecule has 0 amide bonds. The summed E-state index contributed by atoms with van der Waals surface area (Å²) in [5.74, 6) is 2.33. The van der Waals surface area contributed by atoms with Crippen molar-refractivity contribution in [1.82, 2.24) is 5.32 Å². The number of nitrogens with one attached hydrogen (secondary N) is 1. The first kappa shape index (κ1) is 14.9. The predicted octanol–water partition coefficient (Wildman–Crippen LogP) is 4.44. The third-order valence-corrected chi connectivity index (χ3v) is 4.97. The van der Waals surface area contributed by atoms with E-state index >= 15 is 0 Å². The lowest BCUT2D eigenvalue weighted by molar-refractivity contribution is 0.250. The van der Waals surface area contributed by atoms with Gasteiger partial charge in [0.2, 0.25) is 0 Å². The van der Waals surface area contributed by atoms with Crippen molar-refractivity contribution in [2.24, 2.45) is 11.8 Å². The summed E-state index contributed by atoms with van der Waals surface area (Å²) in [5, 5.41) is 3.62. The molecule has 106 valence electrons. The van der Waals surface area contributed by atoms with Crippen molar-refractivity contribution < 1.29 is 0 Å². The first-order valence-electron chi connectivity index (χ1n) is 7.53. The van der Waals surface area contributed by atoms with Crippen molar-refractivity contribution in [2.75, 3.05) is 12.4 Å². The Morgan fingerprint density at radius 3 is 2.53 bits per heavy atom. The molecule has 0 spiro atoms. The van der Waals surface area contributed by atoms with Crippen molar-refractivity contribution in [3.05, 3.63) is 34.9 Å². The molecular weight excluding hydrogens is 254 g/mol. The molecule has 0 radical (unpaired) electrons. The average molecular weight is 280 g/mol. The minimum atomic E-state index is 0.725. The van der Waals surface area contributed by atoms with E-state index in [0.29, 0.717) is 0 Å². The molecule has 0 heterocycles. The quantitative estimate of drug-likeness (QED) is 0.786. The second-order valence-corrected chi connectivity index (χ2v) is 6.32. The fourth-order valence-corrected chi connectivity index (χ4v) is 3.48. The summed E-state index contributed by atoms with van der Waals surface area (Å²) in [6.07, 6.45) is 5.41. The lowest BCUT2D eigenvalue weighted by Gasteiger charge is -2.30. The van der Waals surface area contributed by atoms with Gasteiger partial charge in [-0.1, -0.05) is 31.0 Å². The minimum Gasteiger partial charge on any atom is -0.312 e. The van der Waals surface area contributed by atoms with E-state index in [0.717, 1.165) is 30.8 Å². The molecule has 1 nitrogen and oxygen atoms in total. The van der Waals surface area contributed by atoms with Crippen molar-refractivity contribution in [3.63, 3.8) is 0 Å². The van der Waals surface area contributed by atoms with Crippen LogP contribution in [0.5, 0.6) is 0 Å². The van der Waals surface area contributed by atoms with Gasteiger partial charge in [0, 0.05) is 12.4 Å². The van der Waals surface area contributed by atoms with Crippen LogP contribution in [0.1, 0.15) is 42.4 Å². The molecule has 0 saturated heterocycles. The van der Waals surface area contributed by atoms with Crippen LogP contribution in [-0.2, 0) is 6.54 Å². The van der Waals surface area contributed by atoms with Crippen molar-refractivity contribution in [2.45, 2.75) is 46.1 Å². The summed E-state index contributed by atoms with van der Waals surface area (Å²) in [6, 6.07) is 6.74. The van der Waals surface area contributed by atoms with E-state index in [2.05, 4.69) is 37.4 Å². The van der Waals surface area contributed by atoms with Crippen molar-refractivity contribution >= 4 is 11.6 Å². The molecule has 2 rings (SSSR count). The summed E-state index contributed by atoms with van der Waals surface area (Å²) in [6.45, 7) is 6.44. The van der Waals surface area contributed by atoms with Gasteiger partial charge in [0.1, 0.15) is 0 Å². The standard InChI is InChI=1S/C17H26ClN/c1-13-7-8-15(9-14(13)2)11-19-12-17-6-4-3-5-16(17)10-18/h7-9,16-17,19H,3-6,10-12H2,1-2H3. The van der Waals surface area contributed by atoms with E-state index in [4.69, 9.17) is 11.6 Å². The van der Waals surface area contributed by atoms with Crippen molar-refractivity contribution in [1.29, 1.82) is 0 Å². The highest BCUT2D eigenvalue weighted by atomic mass is 35.5. The number of halogens is 1. The second kappa shape index (κ2) is 7.31. The maximum Gasteiger partial charge on any atom is 0.0254 e. The van der Waals surface area contributed by atoms with Crippen LogP contribution < -0.4 is 5.32 Å². The van der Waals surface area contributed by atoms with E-state index in [9.17, 15) is 0 Å². The number of aryl methyl sites for hydroxylation is 2. The van der Waals surface area contributed by atoms with E-state index < -0.39 is 0 Å². The van der Waals surface area contributed by atoms with E-state index in [1.807, 2.05) is 0 Å². The third kappa shape index (κ3) is 4.22. The highest BCUT2D eigenvalue weighted by Gasteiger charge is 2.23. The van der Waals surface area contributed by atoms with E-state index in [-0.39, 0.29) is 0 Å². The van der Waals surface area contributed by atoms with Gasteiger partial charge < -0.3 is 5.32 Å². The largest absolute Gasteiger partial charge is 0.312 e. The summed E-state index contributed by atoms with van der Waals surface area (Å²) >= 11 is 6.08. The summed E-state index contributed by atoms with van der Waals surface area (Å²) in [4.78, 5) is 0. The van der Waals surface area contributed by atoms with Crippen LogP contribution in [0.2, 0.25) is 0 Å². The lowest BCUT2D eigenvalue weighted by Crippen LogP contribution is -2.31.